The molecule has 0 unspecified atom stereocenters. The highest BCUT2D eigenvalue weighted by atomic mass is 16.6. The summed E-state index contributed by atoms with van der Waals surface area (Å²) in [6.07, 6.45) is 0. The van der Waals surface area contributed by atoms with Crippen molar-refractivity contribution in [2.75, 3.05) is 0 Å². The molecule has 9 nitrogen and oxygen atoms in total. The zero-order chi connectivity index (χ0) is 18.8. The molecule has 0 radical (unpaired) electrons. The fourth-order valence-corrected chi connectivity index (χ4v) is 3.05. The molecule has 0 spiro atoms. The lowest BCUT2D eigenvalue weighted by atomic mass is 9.90. The van der Waals surface area contributed by atoms with Gasteiger partial charge in [-0.3, -0.25) is 10.1 Å². The number of hydrogen-bond donors (Lipinski definition) is 1. The van der Waals surface area contributed by atoms with Gasteiger partial charge in [-0.15, -0.1) is 0 Å². The summed E-state index contributed by atoms with van der Waals surface area (Å²) in [5, 5.41) is 57.6. The Morgan fingerprint density at radius 2 is 1.72 bits per heavy atom. The molecule has 1 saturated carbocycles. The molecule has 0 aliphatic heterocycles. The molecule has 2 rings (SSSR count). The molecule has 1 aliphatic carbocycles. The van der Waals surface area contributed by atoms with E-state index in [2.05, 4.69) is 0 Å². The summed E-state index contributed by atoms with van der Waals surface area (Å²) in [7, 11) is 0. The second-order valence-electron chi connectivity index (χ2n) is 5.25. The number of nitro groups is 1. The van der Waals surface area contributed by atoms with Gasteiger partial charge in [-0.2, -0.15) is 26.3 Å². The SMILES string of the molecule is N#CC(C#N)=C(N)[C@]1(C#N)[C@@H](c2cccc([N+](=O)[O-])c2)C1(C#N)C#N. The van der Waals surface area contributed by atoms with Crippen LogP contribution in [-0.4, -0.2) is 4.92 Å². The van der Waals surface area contributed by atoms with Gasteiger partial charge in [0, 0.05) is 18.1 Å². The van der Waals surface area contributed by atoms with Crippen LogP contribution in [-0.2, 0) is 0 Å². The molecular weight excluding hydrogens is 322 g/mol. The topological polar surface area (TPSA) is 188 Å². The predicted octanol–water partition coefficient (Wildman–Crippen LogP) is 1.50. The molecular formula is C16H7N7O2. The van der Waals surface area contributed by atoms with Crippen LogP contribution in [0.1, 0.15) is 11.5 Å². The first kappa shape index (κ1) is 17.0. The quantitative estimate of drug-likeness (QED) is 0.490. The van der Waals surface area contributed by atoms with Gasteiger partial charge in [0.2, 0.25) is 0 Å². The standard InChI is InChI=1S/C16H7N7O2/c17-5-11(6-18)14(22)16(9-21)13(15(16,7-19)8-20)10-2-1-3-12(4-10)23(24)25/h1-4,13H,22H2/t13-,16-/m0/s1. The fourth-order valence-electron chi connectivity index (χ4n) is 3.05. The van der Waals surface area contributed by atoms with Gasteiger partial charge in [-0.25, -0.2) is 0 Å². The van der Waals surface area contributed by atoms with Crippen molar-refractivity contribution in [1.29, 1.82) is 26.3 Å². The van der Waals surface area contributed by atoms with E-state index >= 15 is 0 Å². The third-order valence-electron chi connectivity index (χ3n) is 4.27. The minimum Gasteiger partial charge on any atom is -0.399 e. The summed E-state index contributed by atoms with van der Waals surface area (Å²) in [6.45, 7) is 0. The van der Waals surface area contributed by atoms with Gasteiger partial charge < -0.3 is 5.73 Å². The van der Waals surface area contributed by atoms with E-state index in [1.807, 2.05) is 0 Å². The van der Waals surface area contributed by atoms with Gasteiger partial charge in [0.25, 0.3) is 5.69 Å². The first-order valence-electron chi connectivity index (χ1n) is 6.68. The van der Waals surface area contributed by atoms with Crippen molar-refractivity contribution in [2.24, 2.45) is 16.6 Å². The Balaban J connectivity index is 2.79. The van der Waals surface area contributed by atoms with Crippen molar-refractivity contribution < 1.29 is 4.92 Å². The van der Waals surface area contributed by atoms with Gasteiger partial charge in [0.05, 0.1) is 28.8 Å². The highest BCUT2D eigenvalue weighted by Gasteiger charge is 2.82. The maximum Gasteiger partial charge on any atom is 0.269 e. The molecule has 1 aromatic rings. The second-order valence-corrected chi connectivity index (χ2v) is 5.25. The van der Waals surface area contributed by atoms with Gasteiger partial charge in [-0.05, 0) is 5.56 Å². The van der Waals surface area contributed by atoms with E-state index in [0.29, 0.717) is 0 Å². The lowest BCUT2D eigenvalue weighted by molar-refractivity contribution is -0.384. The molecule has 1 fully saturated rings. The predicted molar refractivity (Wildman–Crippen MR) is 80.0 cm³/mol. The molecule has 118 valence electrons. The average Bonchev–Trinajstić information content (AvgIpc) is 3.26. The lowest BCUT2D eigenvalue weighted by Gasteiger charge is -2.09. The van der Waals surface area contributed by atoms with Crippen LogP contribution >= 0.6 is 0 Å². The molecule has 1 aromatic carbocycles. The molecule has 2 N–H and O–H groups in total. The third-order valence-corrected chi connectivity index (χ3v) is 4.27. The second kappa shape index (κ2) is 5.67. The summed E-state index contributed by atoms with van der Waals surface area (Å²) in [5.74, 6) is -1.13. The molecule has 1 aliphatic rings. The third kappa shape index (κ3) is 1.97. The van der Waals surface area contributed by atoms with Crippen LogP contribution in [0, 0.1) is 77.6 Å². The van der Waals surface area contributed by atoms with Gasteiger partial charge in [0.15, 0.2) is 5.41 Å². The van der Waals surface area contributed by atoms with Crippen molar-refractivity contribution >= 4 is 5.69 Å². The molecule has 0 heterocycles. The summed E-state index contributed by atoms with van der Waals surface area (Å²) >= 11 is 0. The number of non-ortho nitro benzene ring substituents is 1. The Hall–Kier alpha value is -4.39. The zero-order valence-corrected chi connectivity index (χ0v) is 12.5. The first-order valence-corrected chi connectivity index (χ1v) is 6.68. The molecule has 0 saturated heterocycles. The van der Waals surface area contributed by atoms with Crippen molar-refractivity contribution in [1.82, 2.24) is 0 Å². The molecule has 9 heteroatoms. The van der Waals surface area contributed by atoms with E-state index in [9.17, 15) is 25.9 Å². The van der Waals surface area contributed by atoms with E-state index in [0.717, 1.165) is 6.07 Å². The highest BCUT2D eigenvalue weighted by Crippen LogP contribution is 2.76. The van der Waals surface area contributed by atoms with Gasteiger partial charge >= 0.3 is 0 Å². The number of allylic oxidation sites excluding steroid dienone is 2. The Morgan fingerprint density at radius 1 is 1.12 bits per heavy atom. The Morgan fingerprint density at radius 3 is 2.16 bits per heavy atom. The smallest absolute Gasteiger partial charge is 0.269 e. The Labute approximate surface area is 141 Å². The summed E-state index contributed by atoms with van der Waals surface area (Å²) in [6, 6.07) is 13.5. The minimum absolute atomic E-state index is 0.178. The molecule has 0 bridgehead atoms. The van der Waals surface area contributed by atoms with Gasteiger partial charge in [0.1, 0.15) is 23.1 Å². The summed E-state index contributed by atoms with van der Waals surface area (Å²) < 4.78 is 0. The summed E-state index contributed by atoms with van der Waals surface area (Å²) in [5.41, 5.74) is 0.746. The van der Waals surface area contributed by atoms with Crippen LogP contribution in [0.4, 0.5) is 5.69 Å². The number of hydrogen-bond acceptors (Lipinski definition) is 8. The first-order chi connectivity index (χ1) is 11.9. The van der Waals surface area contributed by atoms with Crippen LogP contribution in [0.3, 0.4) is 0 Å². The number of nitrogens with two attached hydrogens (primary N) is 1. The van der Waals surface area contributed by atoms with Crippen molar-refractivity contribution in [3.8, 4) is 30.3 Å². The van der Waals surface area contributed by atoms with Crippen molar-refractivity contribution in [2.45, 2.75) is 5.92 Å². The molecule has 0 amide bonds. The number of nitrogens with zero attached hydrogens (tertiary/aromatic N) is 6. The Kier molecular flexibility index (Phi) is 3.85. The van der Waals surface area contributed by atoms with E-state index in [-0.39, 0.29) is 11.3 Å². The number of benzene rings is 1. The largest absolute Gasteiger partial charge is 0.399 e. The average molecular weight is 329 g/mol. The van der Waals surface area contributed by atoms with Crippen LogP contribution in [0.2, 0.25) is 0 Å². The van der Waals surface area contributed by atoms with E-state index < -0.39 is 32.9 Å². The number of rotatable bonds is 3. The lowest BCUT2D eigenvalue weighted by Crippen LogP contribution is -2.20. The van der Waals surface area contributed by atoms with E-state index in [1.165, 1.54) is 30.3 Å². The maximum atomic E-state index is 11.0. The number of nitro benzene ring substituents is 1. The maximum absolute atomic E-state index is 11.0. The number of nitriles is 5. The molecule has 0 aromatic heterocycles. The van der Waals surface area contributed by atoms with E-state index in [4.69, 9.17) is 16.3 Å². The van der Waals surface area contributed by atoms with Crippen molar-refractivity contribution in [3.63, 3.8) is 0 Å². The summed E-state index contributed by atoms with van der Waals surface area (Å²) in [4.78, 5) is 10.3. The van der Waals surface area contributed by atoms with Gasteiger partial charge in [-0.1, -0.05) is 12.1 Å². The van der Waals surface area contributed by atoms with Crippen LogP contribution in [0.5, 0.6) is 0 Å². The monoisotopic (exact) mass is 329 g/mol. The van der Waals surface area contributed by atoms with E-state index in [1.54, 1.807) is 18.2 Å². The molecule has 25 heavy (non-hydrogen) atoms. The zero-order valence-electron chi connectivity index (χ0n) is 12.5. The highest BCUT2D eigenvalue weighted by molar-refractivity contribution is 5.63. The van der Waals surface area contributed by atoms with Crippen LogP contribution < -0.4 is 5.73 Å². The van der Waals surface area contributed by atoms with Crippen LogP contribution in [0.15, 0.2) is 35.5 Å². The van der Waals surface area contributed by atoms with Crippen LogP contribution in [0.25, 0.3) is 0 Å². The fraction of sp³-hybridized carbons (Fsp3) is 0.188. The Bertz CT molecular complexity index is 993. The molecule has 2 atom stereocenters. The van der Waals surface area contributed by atoms with Crippen molar-refractivity contribution in [3.05, 3.63) is 51.2 Å². The normalized spacial score (nSPS) is 22.0. The minimum atomic E-state index is -1.96.